The Morgan fingerprint density at radius 3 is 2.35 bits per heavy atom. The molecule has 106 valence electrons. The van der Waals surface area contributed by atoms with Gasteiger partial charge in [-0.2, -0.15) is 5.48 Å². The van der Waals surface area contributed by atoms with Crippen LogP contribution in [0, 0.1) is 0 Å². The number of hydrogen-bond donors (Lipinski definition) is 1. The van der Waals surface area contributed by atoms with Crippen molar-refractivity contribution in [3.8, 4) is 5.75 Å². The van der Waals surface area contributed by atoms with Crippen LogP contribution in [0.4, 0.5) is 0 Å². The minimum absolute atomic E-state index is 0.165. The van der Waals surface area contributed by atoms with Crippen LogP contribution in [-0.4, -0.2) is 6.61 Å². The summed E-state index contributed by atoms with van der Waals surface area (Å²) < 4.78 is 5.76. The second kappa shape index (κ2) is 7.68. The summed E-state index contributed by atoms with van der Waals surface area (Å²) in [4.78, 5) is 5.20. The number of nitrogens with one attached hydrogen (secondary N) is 1. The van der Waals surface area contributed by atoms with E-state index in [2.05, 4.69) is 36.7 Å². The molecule has 0 radical (unpaired) electrons. The first-order valence-corrected chi connectivity index (χ1v) is 6.93. The van der Waals surface area contributed by atoms with E-state index in [4.69, 9.17) is 9.57 Å². The summed E-state index contributed by atoms with van der Waals surface area (Å²) in [6.45, 7) is 5.27. The molecule has 0 saturated carbocycles. The van der Waals surface area contributed by atoms with Crippen LogP contribution in [0.5, 0.6) is 5.75 Å². The van der Waals surface area contributed by atoms with Gasteiger partial charge in [-0.05, 0) is 37.1 Å². The van der Waals surface area contributed by atoms with Crippen molar-refractivity contribution in [2.75, 3.05) is 6.61 Å². The molecule has 0 spiro atoms. The Morgan fingerprint density at radius 1 is 1.00 bits per heavy atom. The van der Waals surface area contributed by atoms with Gasteiger partial charge in [0.25, 0.3) is 0 Å². The van der Waals surface area contributed by atoms with Gasteiger partial charge in [0.2, 0.25) is 0 Å². The number of rotatable bonds is 7. The number of benzene rings is 2. The van der Waals surface area contributed by atoms with Crippen molar-refractivity contribution in [1.82, 2.24) is 5.48 Å². The van der Waals surface area contributed by atoms with E-state index in [9.17, 15) is 0 Å². The fourth-order valence-corrected chi connectivity index (χ4v) is 1.87. The first-order valence-electron chi connectivity index (χ1n) is 6.93. The number of ether oxygens (including phenoxy) is 1. The molecular formula is C17H21NO2. The number of hydroxylamine groups is 1. The summed E-state index contributed by atoms with van der Waals surface area (Å²) in [6.07, 6.45) is 0. The van der Waals surface area contributed by atoms with E-state index in [0.29, 0.717) is 13.2 Å². The Labute approximate surface area is 120 Å². The predicted molar refractivity (Wildman–Crippen MR) is 80.4 cm³/mol. The summed E-state index contributed by atoms with van der Waals surface area (Å²) in [5.74, 6) is 0.876. The van der Waals surface area contributed by atoms with Gasteiger partial charge in [-0.25, -0.2) is 0 Å². The monoisotopic (exact) mass is 271 g/mol. The maximum atomic E-state index is 5.76. The summed E-state index contributed by atoms with van der Waals surface area (Å²) in [6, 6.07) is 18.4. The summed E-state index contributed by atoms with van der Waals surface area (Å²) in [5, 5.41) is 0. The SMILES string of the molecule is CCONC(C)c1ccc(OCc2ccccc2)cc1. The summed E-state index contributed by atoms with van der Waals surface area (Å²) in [7, 11) is 0. The Bertz CT molecular complexity index is 496. The third-order valence-corrected chi connectivity index (χ3v) is 3.03. The molecule has 0 aromatic heterocycles. The van der Waals surface area contributed by atoms with Gasteiger partial charge >= 0.3 is 0 Å². The van der Waals surface area contributed by atoms with E-state index in [0.717, 1.165) is 5.75 Å². The summed E-state index contributed by atoms with van der Waals surface area (Å²) in [5.41, 5.74) is 5.33. The third-order valence-electron chi connectivity index (χ3n) is 3.03. The maximum absolute atomic E-state index is 5.76. The highest BCUT2D eigenvalue weighted by Crippen LogP contribution is 2.18. The molecule has 0 bridgehead atoms. The molecular weight excluding hydrogens is 250 g/mol. The lowest BCUT2D eigenvalue weighted by Gasteiger charge is -2.14. The zero-order valence-corrected chi connectivity index (χ0v) is 12.0. The molecule has 0 aliphatic carbocycles. The van der Waals surface area contributed by atoms with Gasteiger partial charge in [-0.15, -0.1) is 0 Å². The van der Waals surface area contributed by atoms with Crippen molar-refractivity contribution in [3.63, 3.8) is 0 Å². The molecule has 0 saturated heterocycles. The average molecular weight is 271 g/mol. The zero-order valence-electron chi connectivity index (χ0n) is 12.0. The predicted octanol–water partition coefficient (Wildman–Crippen LogP) is 3.87. The lowest BCUT2D eigenvalue weighted by molar-refractivity contribution is 0.0285. The minimum atomic E-state index is 0.165. The van der Waals surface area contributed by atoms with Crippen LogP contribution >= 0.6 is 0 Å². The van der Waals surface area contributed by atoms with E-state index in [-0.39, 0.29) is 6.04 Å². The number of hydrogen-bond acceptors (Lipinski definition) is 3. The van der Waals surface area contributed by atoms with Gasteiger partial charge in [0.1, 0.15) is 12.4 Å². The van der Waals surface area contributed by atoms with Crippen molar-refractivity contribution < 1.29 is 9.57 Å². The fourth-order valence-electron chi connectivity index (χ4n) is 1.87. The van der Waals surface area contributed by atoms with Crippen molar-refractivity contribution >= 4 is 0 Å². The third kappa shape index (κ3) is 4.37. The average Bonchev–Trinajstić information content (AvgIpc) is 2.52. The van der Waals surface area contributed by atoms with Crippen molar-refractivity contribution in [1.29, 1.82) is 0 Å². The second-order valence-corrected chi connectivity index (χ2v) is 4.62. The topological polar surface area (TPSA) is 30.5 Å². The Balaban J connectivity index is 1.88. The van der Waals surface area contributed by atoms with Crippen LogP contribution in [0.2, 0.25) is 0 Å². The van der Waals surface area contributed by atoms with E-state index in [1.54, 1.807) is 0 Å². The van der Waals surface area contributed by atoms with Gasteiger partial charge in [-0.3, -0.25) is 0 Å². The maximum Gasteiger partial charge on any atom is 0.119 e. The molecule has 0 aliphatic heterocycles. The molecule has 2 aromatic rings. The fraction of sp³-hybridized carbons (Fsp3) is 0.294. The van der Waals surface area contributed by atoms with E-state index in [1.165, 1.54) is 11.1 Å². The standard InChI is InChI=1S/C17H21NO2/c1-3-20-18-14(2)16-9-11-17(12-10-16)19-13-15-7-5-4-6-8-15/h4-12,14,18H,3,13H2,1-2H3. The van der Waals surface area contributed by atoms with E-state index < -0.39 is 0 Å². The Kier molecular flexibility index (Phi) is 5.59. The molecule has 3 nitrogen and oxygen atoms in total. The van der Waals surface area contributed by atoms with Crippen LogP contribution in [-0.2, 0) is 11.4 Å². The Morgan fingerprint density at radius 2 is 1.70 bits per heavy atom. The lowest BCUT2D eigenvalue weighted by atomic mass is 10.1. The van der Waals surface area contributed by atoms with Crippen LogP contribution < -0.4 is 10.2 Å². The highest BCUT2D eigenvalue weighted by atomic mass is 16.6. The highest BCUT2D eigenvalue weighted by molar-refractivity contribution is 5.29. The molecule has 0 fully saturated rings. The molecule has 1 N–H and O–H groups in total. The smallest absolute Gasteiger partial charge is 0.119 e. The second-order valence-electron chi connectivity index (χ2n) is 4.62. The van der Waals surface area contributed by atoms with Crippen LogP contribution in [0.25, 0.3) is 0 Å². The summed E-state index contributed by atoms with van der Waals surface area (Å²) >= 11 is 0. The lowest BCUT2D eigenvalue weighted by Crippen LogP contribution is -2.18. The first-order chi connectivity index (χ1) is 9.79. The first kappa shape index (κ1) is 14.6. The van der Waals surface area contributed by atoms with E-state index in [1.807, 2.05) is 37.3 Å². The Hall–Kier alpha value is -1.84. The molecule has 20 heavy (non-hydrogen) atoms. The highest BCUT2D eigenvalue weighted by Gasteiger charge is 2.04. The van der Waals surface area contributed by atoms with Gasteiger partial charge in [0, 0.05) is 0 Å². The molecule has 2 rings (SSSR count). The molecule has 1 unspecified atom stereocenters. The molecule has 1 atom stereocenters. The molecule has 2 aromatic carbocycles. The van der Waals surface area contributed by atoms with Crippen molar-refractivity contribution in [2.45, 2.75) is 26.5 Å². The molecule has 0 aliphatic rings. The molecule has 0 amide bonds. The quantitative estimate of drug-likeness (QED) is 0.775. The van der Waals surface area contributed by atoms with Crippen molar-refractivity contribution in [2.24, 2.45) is 0 Å². The van der Waals surface area contributed by atoms with Gasteiger partial charge < -0.3 is 9.57 Å². The van der Waals surface area contributed by atoms with Gasteiger partial charge in [0.15, 0.2) is 0 Å². The van der Waals surface area contributed by atoms with Crippen LogP contribution in [0.3, 0.4) is 0 Å². The largest absolute Gasteiger partial charge is 0.489 e. The van der Waals surface area contributed by atoms with Gasteiger partial charge in [-0.1, -0.05) is 42.5 Å². The molecule has 3 heteroatoms. The zero-order chi connectivity index (χ0) is 14.2. The van der Waals surface area contributed by atoms with Crippen LogP contribution in [0.1, 0.15) is 31.0 Å². The molecule has 0 heterocycles. The normalized spacial score (nSPS) is 12.1. The van der Waals surface area contributed by atoms with Crippen molar-refractivity contribution in [3.05, 3.63) is 65.7 Å². The van der Waals surface area contributed by atoms with Crippen LogP contribution in [0.15, 0.2) is 54.6 Å². The van der Waals surface area contributed by atoms with E-state index >= 15 is 0 Å². The van der Waals surface area contributed by atoms with Gasteiger partial charge in [0.05, 0.1) is 12.6 Å². The minimum Gasteiger partial charge on any atom is -0.489 e.